The Morgan fingerprint density at radius 2 is 1.61 bits per heavy atom. The van der Waals surface area contributed by atoms with Crippen molar-refractivity contribution < 1.29 is 18.4 Å². The summed E-state index contributed by atoms with van der Waals surface area (Å²) in [6.45, 7) is 0.130. The van der Waals surface area contributed by atoms with Crippen LogP contribution in [0.4, 0.5) is 8.78 Å². The van der Waals surface area contributed by atoms with Crippen LogP contribution in [0, 0.1) is 11.6 Å². The first-order valence-corrected chi connectivity index (χ1v) is 12.0. The Bertz CT molecular complexity index is 1060. The topological polar surface area (TPSA) is 49.4 Å². The standard InChI is InChI=1S/C26H26F2N2O2S/c27-20-11-7-18(8-12-20)17-30(24(31)16-23-6-3-15-33-23)25(19-9-13-21(28)14-10-19)26(32)29-22-4-1-2-5-22/h3,6-15,22,25H,1-2,4-5,16-17H2,(H,29,32)/t25-/m1/s1. The maximum atomic E-state index is 13.7. The first-order valence-electron chi connectivity index (χ1n) is 11.1. The number of carbonyl (C=O) groups excluding carboxylic acids is 2. The normalized spacial score (nSPS) is 14.7. The summed E-state index contributed by atoms with van der Waals surface area (Å²) in [5.41, 5.74) is 1.24. The monoisotopic (exact) mass is 468 g/mol. The van der Waals surface area contributed by atoms with Crippen molar-refractivity contribution in [3.05, 3.63) is 93.7 Å². The van der Waals surface area contributed by atoms with Gasteiger partial charge in [-0.25, -0.2) is 8.78 Å². The Morgan fingerprint density at radius 1 is 0.970 bits per heavy atom. The fraction of sp³-hybridized carbons (Fsp3) is 0.308. The van der Waals surface area contributed by atoms with Crippen molar-refractivity contribution in [3.8, 4) is 0 Å². The number of benzene rings is 2. The van der Waals surface area contributed by atoms with E-state index in [9.17, 15) is 18.4 Å². The van der Waals surface area contributed by atoms with Crippen LogP contribution < -0.4 is 5.32 Å². The fourth-order valence-corrected chi connectivity index (χ4v) is 4.94. The molecular formula is C26H26F2N2O2S. The van der Waals surface area contributed by atoms with Gasteiger partial charge in [-0.05, 0) is 59.7 Å². The van der Waals surface area contributed by atoms with Crippen LogP contribution in [0.5, 0.6) is 0 Å². The molecule has 0 aliphatic heterocycles. The third-order valence-electron chi connectivity index (χ3n) is 5.94. The van der Waals surface area contributed by atoms with Gasteiger partial charge in [0, 0.05) is 17.5 Å². The molecule has 2 amide bonds. The van der Waals surface area contributed by atoms with Gasteiger partial charge in [0.15, 0.2) is 0 Å². The first-order chi connectivity index (χ1) is 16.0. The van der Waals surface area contributed by atoms with E-state index < -0.39 is 11.9 Å². The molecule has 1 aliphatic rings. The van der Waals surface area contributed by atoms with Gasteiger partial charge in [0.05, 0.1) is 6.42 Å². The number of carbonyl (C=O) groups is 2. The van der Waals surface area contributed by atoms with Crippen molar-refractivity contribution >= 4 is 23.2 Å². The second-order valence-corrected chi connectivity index (χ2v) is 9.38. The minimum absolute atomic E-state index is 0.0699. The molecule has 33 heavy (non-hydrogen) atoms. The summed E-state index contributed by atoms with van der Waals surface area (Å²) < 4.78 is 27.1. The summed E-state index contributed by atoms with van der Waals surface area (Å²) in [5.74, 6) is -1.29. The van der Waals surface area contributed by atoms with Crippen LogP contribution in [0.1, 0.15) is 47.7 Å². The summed E-state index contributed by atoms with van der Waals surface area (Å²) in [5, 5.41) is 5.00. The molecule has 1 aliphatic carbocycles. The average molecular weight is 469 g/mol. The minimum Gasteiger partial charge on any atom is -0.351 e. The van der Waals surface area contributed by atoms with E-state index in [1.807, 2.05) is 17.5 Å². The minimum atomic E-state index is -0.927. The number of nitrogens with zero attached hydrogens (tertiary/aromatic N) is 1. The fourth-order valence-electron chi connectivity index (χ4n) is 4.24. The predicted octanol–water partition coefficient (Wildman–Crippen LogP) is 5.40. The number of rotatable bonds is 8. The summed E-state index contributed by atoms with van der Waals surface area (Å²) in [7, 11) is 0. The molecule has 1 heterocycles. The van der Waals surface area contributed by atoms with E-state index in [0.717, 1.165) is 30.6 Å². The molecule has 1 N–H and O–H groups in total. The van der Waals surface area contributed by atoms with E-state index in [0.29, 0.717) is 11.1 Å². The SMILES string of the molecule is O=C(NC1CCCC1)[C@@H](c1ccc(F)cc1)N(Cc1ccc(F)cc1)C(=O)Cc1cccs1. The van der Waals surface area contributed by atoms with Gasteiger partial charge in [0.1, 0.15) is 17.7 Å². The van der Waals surface area contributed by atoms with E-state index in [-0.39, 0.29) is 36.6 Å². The zero-order chi connectivity index (χ0) is 23.2. The van der Waals surface area contributed by atoms with Crippen molar-refractivity contribution in [2.45, 2.75) is 50.7 Å². The van der Waals surface area contributed by atoms with E-state index >= 15 is 0 Å². The maximum Gasteiger partial charge on any atom is 0.247 e. The Labute approximate surface area is 196 Å². The Hall–Kier alpha value is -3.06. The van der Waals surface area contributed by atoms with Gasteiger partial charge < -0.3 is 10.2 Å². The Morgan fingerprint density at radius 3 is 2.21 bits per heavy atom. The van der Waals surface area contributed by atoms with E-state index in [2.05, 4.69) is 5.32 Å². The van der Waals surface area contributed by atoms with Crippen molar-refractivity contribution in [1.29, 1.82) is 0 Å². The molecule has 0 bridgehead atoms. The number of hydrogen-bond acceptors (Lipinski definition) is 3. The molecule has 7 heteroatoms. The second-order valence-electron chi connectivity index (χ2n) is 8.35. The summed E-state index contributed by atoms with van der Waals surface area (Å²) >= 11 is 1.47. The maximum absolute atomic E-state index is 13.7. The summed E-state index contributed by atoms with van der Waals surface area (Å²) in [6, 6.07) is 14.5. The van der Waals surface area contributed by atoms with Crippen molar-refractivity contribution in [1.82, 2.24) is 10.2 Å². The lowest BCUT2D eigenvalue weighted by Crippen LogP contribution is -2.46. The van der Waals surface area contributed by atoms with Crippen LogP contribution in [0.15, 0.2) is 66.0 Å². The quantitative estimate of drug-likeness (QED) is 0.481. The van der Waals surface area contributed by atoms with Gasteiger partial charge in [0.25, 0.3) is 0 Å². The highest BCUT2D eigenvalue weighted by molar-refractivity contribution is 7.10. The van der Waals surface area contributed by atoms with Crippen molar-refractivity contribution in [3.63, 3.8) is 0 Å². The smallest absolute Gasteiger partial charge is 0.247 e. The lowest BCUT2D eigenvalue weighted by atomic mass is 10.0. The molecular weight excluding hydrogens is 442 g/mol. The molecule has 172 valence electrons. The van der Waals surface area contributed by atoms with E-state index in [1.54, 1.807) is 24.3 Å². The Kier molecular flexibility index (Phi) is 7.50. The molecule has 0 saturated heterocycles. The number of nitrogens with one attached hydrogen (secondary N) is 1. The van der Waals surface area contributed by atoms with Gasteiger partial charge >= 0.3 is 0 Å². The molecule has 0 unspecified atom stereocenters. The van der Waals surface area contributed by atoms with Crippen LogP contribution in [0.2, 0.25) is 0 Å². The molecule has 1 aromatic heterocycles. The molecule has 4 nitrogen and oxygen atoms in total. The third kappa shape index (κ3) is 6.05. The van der Waals surface area contributed by atoms with E-state index in [4.69, 9.17) is 0 Å². The molecule has 1 atom stereocenters. The predicted molar refractivity (Wildman–Crippen MR) is 125 cm³/mol. The number of amides is 2. The summed E-state index contributed by atoms with van der Waals surface area (Å²) in [6.07, 6.45) is 4.07. The van der Waals surface area contributed by atoms with Crippen molar-refractivity contribution in [2.24, 2.45) is 0 Å². The Balaban J connectivity index is 1.69. The number of thiophene rings is 1. The molecule has 0 radical (unpaired) electrons. The number of hydrogen-bond donors (Lipinski definition) is 1. The highest BCUT2D eigenvalue weighted by Crippen LogP contribution is 2.27. The highest BCUT2D eigenvalue weighted by atomic mass is 32.1. The van der Waals surface area contributed by atoms with Crippen LogP contribution in [-0.4, -0.2) is 22.8 Å². The second kappa shape index (κ2) is 10.7. The molecule has 1 saturated carbocycles. The van der Waals surface area contributed by atoms with Crippen LogP contribution in [0.25, 0.3) is 0 Å². The van der Waals surface area contributed by atoms with Crippen LogP contribution >= 0.6 is 11.3 Å². The largest absolute Gasteiger partial charge is 0.351 e. The summed E-state index contributed by atoms with van der Waals surface area (Å²) in [4.78, 5) is 29.4. The molecule has 0 spiro atoms. The lowest BCUT2D eigenvalue weighted by molar-refractivity contribution is -0.141. The lowest BCUT2D eigenvalue weighted by Gasteiger charge is -2.32. The van der Waals surface area contributed by atoms with Gasteiger partial charge in [-0.1, -0.05) is 43.2 Å². The van der Waals surface area contributed by atoms with Gasteiger partial charge in [-0.3, -0.25) is 9.59 Å². The molecule has 2 aromatic carbocycles. The van der Waals surface area contributed by atoms with Crippen LogP contribution in [-0.2, 0) is 22.6 Å². The highest BCUT2D eigenvalue weighted by Gasteiger charge is 2.33. The molecule has 4 rings (SSSR count). The molecule has 1 fully saturated rings. The van der Waals surface area contributed by atoms with E-state index in [1.165, 1.54) is 40.5 Å². The number of halogens is 2. The van der Waals surface area contributed by atoms with Gasteiger partial charge in [0.2, 0.25) is 11.8 Å². The zero-order valence-electron chi connectivity index (χ0n) is 18.2. The first kappa shape index (κ1) is 23.1. The van der Waals surface area contributed by atoms with Gasteiger partial charge in [-0.15, -0.1) is 11.3 Å². The van der Waals surface area contributed by atoms with Crippen molar-refractivity contribution in [2.75, 3.05) is 0 Å². The third-order valence-corrected chi connectivity index (χ3v) is 6.82. The van der Waals surface area contributed by atoms with Crippen LogP contribution in [0.3, 0.4) is 0 Å². The van der Waals surface area contributed by atoms with Gasteiger partial charge in [-0.2, -0.15) is 0 Å². The average Bonchev–Trinajstić information content (AvgIpc) is 3.50. The zero-order valence-corrected chi connectivity index (χ0v) is 19.0. The molecule has 3 aromatic rings.